The largest absolute Gasteiger partial charge is 0.494 e. The molecule has 0 aromatic heterocycles. The van der Waals surface area contributed by atoms with Gasteiger partial charge >= 0.3 is 0 Å². The van der Waals surface area contributed by atoms with E-state index >= 15 is 0 Å². The van der Waals surface area contributed by atoms with Gasteiger partial charge < -0.3 is 14.8 Å². The molecule has 1 aromatic carbocycles. The van der Waals surface area contributed by atoms with Crippen LogP contribution in [0.2, 0.25) is 0 Å². The molecule has 4 heteroatoms. The van der Waals surface area contributed by atoms with Gasteiger partial charge in [0, 0.05) is 24.7 Å². The van der Waals surface area contributed by atoms with Crippen molar-refractivity contribution in [2.45, 2.75) is 33.1 Å². The summed E-state index contributed by atoms with van der Waals surface area (Å²) in [6.07, 6.45) is 3.45. The van der Waals surface area contributed by atoms with Gasteiger partial charge in [-0.2, -0.15) is 0 Å². The predicted octanol–water partition coefficient (Wildman–Crippen LogP) is 4.26. The van der Waals surface area contributed by atoms with Crippen molar-refractivity contribution in [1.82, 2.24) is 5.32 Å². The third kappa shape index (κ3) is 7.84. The Balaban J connectivity index is 2.36. The van der Waals surface area contributed by atoms with Gasteiger partial charge in [-0.1, -0.05) is 36.2 Å². The van der Waals surface area contributed by atoms with E-state index in [9.17, 15) is 0 Å². The van der Waals surface area contributed by atoms with Crippen LogP contribution in [0.1, 0.15) is 33.1 Å². The van der Waals surface area contributed by atoms with Crippen LogP contribution < -0.4 is 10.1 Å². The van der Waals surface area contributed by atoms with E-state index in [4.69, 9.17) is 9.47 Å². The lowest BCUT2D eigenvalue weighted by atomic mass is 9.82. The summed E-state index contributed by atoms with van der Waals surface area (Å²) in [5.41, 5.74) is 0.276. The first-order valence-electron chi connectivity index (χ1n) is 7.67. The number of benzene rings is 1. The molecule has 0 radical (unpaired) electrons. The highest BCUT2D eigenvalue weighted by Crippen LogP contribution is 2.27. The van der Waals surface area contributed by atoms with Crippen LogP contribution in [0.15, 0.2) is 28.7 Å². The topological polar surface area (TPSA) is 30.5 Å². The maximum Gasteiger partial charge on any atom is 0.119 e. The van der Waals surface area contributed by atoms with Crippen molar-refractivity contribution in [2.24, 2.45) is 5.41 Å². The predicted molar refractivity (Wildman–Crippen MR) is 92.0 cm³/mol. The molecule has 1 aromatic rings. The lowest BCUT2D eigenvalue weighted by Crippen LogP contribution is -2.34. The van der Waals surface area contributed by atoms with Crippen molar-refractivity contribution < 1.29 is 9.47 Å². The van der Waals surface area contributed by atoms with Crippen molar-refractivity contribution in [3.05, 3.63) is 28.7 Å². The number of halogens is 1. The Morgan fingerprint density at radius 1 is 1.14 bits per heavy atom. The molecule has 1 atom stereocenters. The van der Waals surface area contributed by atoms with E-state index in [-0.39, 0.29) is 5.41 Å². The van der Waals surface area contributed by atoms with E-state index in [0.29, 0.717) is 0 Å². The van der Waals surface area contributed by atoms with E-state index in [1.165, 1.54) is 12.8 Å². The van der Waals surface area contributed by atoms with Crippen LogP contribution in [0.5, 0.6) is 5.75 Å². The van der Waals surface area contributed by atoms with Gasteiger partial charge in [0.15, 0.2) is 0 Å². The zero-order valence-electron chi connectivity index (χ0n) is 13.5. The quantitative estimate of drug-likeness (QED) is 0.600. The van der Waals surface area contributed by atoms with E-state index in [0.717, 1.165) is 42.9 Å². The SMILES string of the molecule is CCCC(C)(CCOc1ccc(Br)cc1)CNCCOC. The summed E-state index contributed by atoms with van der Waals surface area (Å²) >= 11 is 3.43. The maximum absolute atomic E-state index is 5.86. The highest BCUT2D eigenvalue weighted by atomic mass is 79.9. The third-order valence-corrected chi connectivity index (χ3v) is 4.20. The fraction of sp³-hybridized carbons (Fsp3) is 0.647. The molecule has 120 valence electrons. The standard InChI is InChI=1S/C17H28BrNO2/c1-4-9-17(2,14-19-11-13-20-3)10-12-21-16-7-5-15(18)6-8-16/h5-8,19H,4,9-14H2,1-3H3. The molecular weight excluding hydrogens is 330 g/mol. The van der Waals surface area contributed by atoms with Crippen LogP contribution in [0.4, 0.5) is 0 Å². The molecule has 0 saturated carbocycles. The van der Waals surface area contributed by atoms with Gasteiger partial charge in [0.2, 0.25) is 0 Å². The number of ether oxygens (including phenoxy) is 2. The molecule has 0 amide bonds. The molecule has 0 aliphatic heterocycles. The number of methoxy groups -OCH3 is 1. The van der Waals surface area contributed by atoms with Crippen LogP contribution >= 0.6 is 15.9 Å². The lowest BCUT2D eigenvalue weighted by molar-refractivity contribution is 0.172. The van der Waals surface area contributed by atoms with Gasteiger partial charge in [-0.05, 0) is 42.5 Å². The molecule has 0 fully saturated rings. The van der Waals surface area contributed by atoms with Crippen molar-refractivity contribution >= 4 is 15.9 Å². The molecule has 0 aliphatic rings. The first-order valence-corrected chi connectivity index (χ1v) is 8.47. The Morgan fingerprint density at radius 3 is 2.48 bits per heavy atom. The zero-order chi connectivity index (χ0) is 15.6. The second-order valence-electron chi connectivity index (χ2n) is 5.78. The fourth-order valence-electron chi connectivity index (χ4n) is 2.42. The molecule has 21 heavy (non-hydrogen) atoms. The minimum absolute atomic E-state index is 0.276. The highest BCUT2D eigenvalue weighted by molar-refractivity contribution is 9.10. The summed E-state index contributed by atoms with van der Waals surface area (Å²) in [6, 6.07) is 8.01. The van der Waals surface area contributed by atoms with E-state index in [1.807, 2.05) is 24.3 Å². The van der Waals surface area contributed by atoms with E-state index in [1.54, 1.807) is 7.11 Å². The summed E-state index contributed by atoms with van der Waals surface area (Å²) in [6.45, 7) is 8.00. The van der Waals surface area contributed by atoms with Gasteiger partial charge in [-0.25, -0.2) is 0 Å². The Kier molecular flexibility index (Phi) is 8.97. The van der Waals surface area contributed by atoms with Crippen molar-refractivity contribution in [3.8, 4) is 5.75 Å². The monoisotopic (exact) mass is 357 g/mol. The fourth-order valence-corrected chi connectivity index (χ4v) is 2.68. The molecule has 0 spiro atoms. The third-order valence-electron chi connectivity index (χ3n) is 3.68. The molecule has 0 heterocycles. The highest BCUT2D eigenvalue weighted by Gasteiger charge is 2.22. The summed E-state index contributed by atoms with van der Waals surface area (Å²) in [5, 5.41) is 3.48. The summed E-state index contributed by atoms with van der Waals surface area (Å²) in [5.74, 6) is 0.935. The Hall–Kier alpha value is -0.580. The first kappa shape index (κ1) is 18.5. The summed E-state index contributed by atoms with van der Waals surface area (Å²) < 4.78 is 12.0. The molecule has 0 saturated heterocycles. The van der Waals surface area contributed by atoms with Crippen LogP contribution in [0.25, 0.3) is 0 Å². The number of hydrogen-bond donors (Lipinski definition) is 1. The molecule has 1 rings (SSSR count). The number of hydrogen-bond acceptors (Lipinski definition) is 3. The average molecular weight is 358 g/mol. The molecule has 0 bridgehead atoms. The first-order chi connectivity index (χ1) is 10.1. The van der Waals surface area contributed by atoms with Gasteiger partial charge in [-0.15, -0.1) is 0 Å². The zero-order valence-corrected chi connectivity index (χ0v) is 15.0. The molecule has 0 aliphatic carbocycles. The second kappa shape index (κ2) is 10.2. The molecule has 1 unspecified atom stereocenters. The van der Waals surface area contributed by atoms with Crippen LogP contribution in [0, 0.1) is 5.41 Å². The summed E-state index contributed by atoms with van der Waals surface area (Å²) in [7, 11) is 1.74. The minimum Gasteiger partial charge on any atom is -0.494 e. The molecule has 3 nitrogen and oxygen atoms in total. The van der Waals surface area contributed by atoms with Gasteiger partial charge in [0.05, 0.1) is 13.2 Å². The average Bonchev–Trinajstić information content (AvgIpc) is 2.46. The maximum atomic E-state index is 5.86. The van der Waals surface area contributed by atoms with Gasteiger partial charge in [-0.3, -0.25) is 0 Å². The Morgan fingerprint density at radius 2 is 1.86 bits per heavy atom. The van der Waals surface area contributed by atoms with Crippen molar-refractivity contribution in [3.63, 3.8) is 0 Å². The van der Waals surface area contributed by atoms with Crippen molar-refractivity contribution in [1.29, 1.82) is 0 Å². The van der Waals surface area contributed by atoms with Crippen molar-refractivity contribution in [2.75, 3.05) is 33.4 Å². The van der Waals surface area contributed by atoms with Crippen LogP contribution in [-0.4, -0.2) is 33.4 Å². The van der Waals surface area contributed by atoms with E-state index in [2.05, 4.69) is 35.1 Å². The van der Waals surface area contributed by atoms with E-state index < -0.39 is 0 Å². The number of rotatable bonds is 11. The summed E-state index contributed by atoms with van der Waals surface area (Å²) in [4.78, 5) is 0. The Bertz CT molecular complexity index is 383. The minimum atomic E-state index is 0.276. The van der Waals surface area contributed by atoms with Crippen LogP contribution in [0.3, 0.4) is 0 Å². The van der Waals surface area contributed by atoms with Gasteiger partial charge in [0.1, 0.15) is 5.75 Å². The molecular formula is C17H28BrNO2. The van der Waals surface area contributed by atoms with Gasteiger partial charge in [0.25, 0.3) is 0 Å². The van der Waals surface area contributed by atoms with Crippen LogP contribution in [-0.2, 0) is 4.74 Å². The second-order valence-corrected chi connectivity index (χ2v) is 6.70. The normalized spacial score (nSPS) is 13.9. The smallest absolute Gasteiger partial charge is 0.119 e. The Labute approximate surface area is 137 Å². The molecule has 1 N–H and O–H groups in total. The lowest BCUT2D eigenvalue weighted by Gasteiger charge is -2.29. The number of nitrogens with one attached hydrogen (secondary N) is 1.